The van der Waals surface area contributed by atoms with Gasteiger partial charge in [-0.2, -0.15) is 0 Å². The van der Waals surface area contributed by atoms with Crippen LogP contribution in [0.3, 0.4) is 0 Å². The largest absolute Gasteiger partial charge is 0.356 e. The predicted octanol–water partition coefficient (Wildman–Crippen LogP) is 2.43. The summed E-state index contributed by atoms with van der Waals surface area (Å²) in [5.41, 5.74) is 0.976. The Balaban J connectivity index is 2.26. The molecule has 14 heavy (non-hydrogen) atoms. The maximum Gasteiger partial charge on any atom is 0.137 e. The van der Waals surface area contributed by atoms with Crippen LogP contribution in [0.4, 0.5) is 5.82 Å². The molecular formula is C10H14ClN3. The number of halogens is 1. The molecule has 0 radical (unpaired) electrons. The third-order valence-corrected chi connectivity index (χ3v) is 3.33. The molecule has 1 saturated carbocycles. The van der Waals surface area contributed by atoms with Gasteiger partial charge >= 0.3 is 0 Å². The van der Waals surface area contributed by atoms with Crippen LogP contribution in [-0.4, -0.2) is 23.1 Å². The van der Waals surface area contributed by atoms with Crippen molar-refractivity contribution in [1.82, 2.24) is 9.97 Å². The molecule has 0 atom stereocenters. The van der Waals surface area contributed by atoms with E-state index in [-0.39, 0.29) is 0 Å². The van der Waals surface area contributed by atoms with E-state index in [4.69, 9.17) is 11.6 Å². The molecule has 1 aromatic heterocycles. The van der Waals surface area contributed by atoms with Crippen LogP contribution in [0.25, 0.3) is 0 Å². The molecule has 1 fully saturated rings. The minimum absolute atomic E-state index is 0.557. The summed E-state index contributed by atoms with van der Waals surface area (Å²) in [5, 5.41) is 0.557. The van der Waals surface area contributed by atoms with Crippen molar-refractivity contribution in [2.24, 2.45) is 0 Å². The van der Waals surface area contributed by atoms with E-state index in [0.717, 1.165) is 11.4 Å². The number of hydrogen-bond donors (Lipinski definition) is 0. The molecule has 3 nitrogen and oxygen atoms in total. The van der Waals surface area contributed by atoms with Crippen LogP contribution in [0.5, 0.6) is 0 Å². The number of anilines is 1. The van der Waals surface area contributed by atoms with E-state index in [9.17, 15) is 0 Å². The molecule has 0 aromatic carbocycles. The van der Waals surface area contributed by atoms with Gasteiger partial charge in [-0.1, -0.05) is 11.6 Å². The summed E-state index contributed by atoms with van der Waals surface area (Å²) in [5.74, 6) is 0.967. The predicted molar refractivity (Wildman–Crippen MR) is 57.8 cm³/mol. The highest BCUT2D eigenvalue weighted by Gasteiger charge is 2.24. The van der Waals surface area contributed by atoms with Gasteiger partial charge in [0.1, 0.15) is 17.3 Å². The third kappa shape index (κ3) is 1.57. The fraction of sp³-hybridized carbons (Fsp3) is 0.600. The second-order valence-corrected chi connectivity index (χ2v) is 4.17. The topological polar surface area (TPSA) is 29.0 Å². The van der Waals surface area contributed by atoms with Crippen molar-refractivity contribution in [3.05, 3.63) is 17.0 Å². The second kappa shape index (κ2) is 3.73. The van der Waals surface area contributed by atoms with Gasteiger partial charge in [-0.15, -0.1) is 0 Å². The van der Waals surface area contributed by atoms with Crippen molar-refractivity contribution in [2.45, 2.75) is 32.2 Å². The Kier molecular flexibility index (Phi) is 2.59. The summed E-state index contributed by atoms with van der Waals surface area (Å²) in [6.45, 7) is 1.97. The van der Waals surface area contributed by atoms with Crippen molar-refractivity contribution in [2.75, 3.05) is 11.9 Å². The highest BCUT2D eigenvalue weighted by atomic mass is 35.5. The van der Waals surface area contributed by atoms with Gasteiger partial charge in [0.2, 0.25) is 0 Å². The van der Waals surface area contributed by atoms with Gasteiger partial charge in [0.05, 0.1) is 0 Å². The smallest absolute Gasteiger partial charge is 0.137 e. The van der Waals surface area contributed by atoms with E-state index in [1.807, 2.05) is 6.92 Å². The number of hydrogen-bond acceptors (Lipinski definition) is 3. The first-order chi connectivity index (χ1) is 6.70. The first kappa shape index (κ1) is 9.71. The summed E-state index contributed by atoms with van der Waals surface area (Å²) in [6, 6.07) is 0.639. The molecule has 0 N–H and O–H groups in total. The zero-order valence-electron chi connectivity index (χ0n) is 8.50. The molecule has 0 aliphatic heterocycles. The molecule has 0 amide bonds. The highest BCUT2D eigenvalue weighted by molar-refractivity contribution is 6.30. The zero-order valence-corrected chi connectivity index (χ0v) is 9.25. The molecular weight excluding hydrogens is 198 g/mol. The summed E-state index contributed by atoms with van der Waals surface area (Å²) < 4.78 is 0. The average Bonchev–Trinajstić information content (AvgIpc) is 2.06. The van der Waals surface area contributed by atoms with Crippen molar-refractivity contribution >= 4 is 17.4 Å². The molecule has 1 heterocycles. The average molecular weight is 212 g/mol. The fourth-order valence-electron chi connectivity index (χ4n) is 1.72. The lowest BCUT2D eigenvalue weighted by atomic mass is 9.92. The van der Waals surface area contributed by atoms with Gasteiger partial charge < -0.3 is 4.90 Å². The SMILES string of the molecule is Cc1c(Cl)ncnc1N(C)C1CCC1. The lowest BCUT2D eigenvalue weighted by Crippen LogP contribution is -2.38. The zero-order chi connectivity index (χ0) is 10.1. The van der Waals surface area contributed by atoms with Gasteiger partial charge in [-0.05, 0) is 26.2 Å². The van der Waals surface area contributed by atoms with Crippen molar-refractivity contribution in [3.63, 3.8) is 0 Å². The Bertz CT molecular complexity index is 336. The van der Waals surface area contributed by atoms with Crippen molar-refractivity contribution in [3.8, 4) is 0 Å². The molecule has 76 valence electrons. The molecule has 0 saturated heterocycles. The van der Waals surface area contributed by atoms with Gasteiger partial charge in [-0.3, -0.25) is 0 Å². The molecule has 1 aromatic rings. The fourth-order valence-corrected chi connectivity index (χ4v) is 1.85. The van der Waals surface area contributed by atoms with Crippen LogP contribution in [0, 0.1) is 6.92 Å². The van der Waals surface area contributed by atoms with Gasteiger partial charge in [0.25, 0.3) is 0 Å². The summed E-state index contributed by atoms with van der Waals surface area (Å²) in [4.78, 5) is 10.4. The van der Waals surface area contributed by atoms with Gasteiger partial charge in [0.15, 0.2) is 0 Å². The minimum Gasteiger partial charge on any atom is -0.356 e. The van der Waals surface area contributed by atoms with Crippen LogP contribution in [0.15, 0.2) is 6.33 Å². The Morgan fingerprint density at radius 2 is 2.14 bits per heavy atom. The van der Waals surface area contributed by atoms with E-state index in [0.29, 0.717) is 11.2 Å². The number of nitrogens with zero attached hydrogens (tertiary/aromatic N) is 3. The maximum absolute atomic E-state index is 5.95. The first-order valence-corrected chi connectivity index (χ1v) is 5.28. The Labute approximate surface area is 89.1 Å². The summed E-state index contributed by atoms with van der Waals surface area (Å²) in [6.07, 6.45) is 5.38. The second-order valence-electron chi connectivity index (χ2n) is 3.81. The summed E-state index contributed by atoms with van der Waals surface area (Å²) >= 11 is 5.95. The molecule has 4 heteroatoms. The van der Waals surface area contributed by atoms with Crippen LogP contribution in [0.2, 0.25) is 5.15 Å². The quantitative estimate of drug-likeness (QED) is 0.704. The Hall–Kier alpha value is -0.830. The molecule has 1 aliphatic carbocycles. The molecule has 0 unspecified atom stereocenters. The van der Waals surface area contributed by atoms with Crippen LogP contribution >= 0.6 is 11.6 Å². The van der Waals surface area contributed by atoms with E-state index >= 15 is 0 Å². The highest BCUT2D eigenvalue weighted by Crippen LogP contribution is 2.30. The lowest BCUT2D eigenvalue weighted by Gasteiger charge is -2.36. The summed E-state index contributed by atoms with van der Waals surface area (Å²) in [7, 11) is 2.08. The number of aromatic nitrogens is 2. The van der Waals surface area contributed by atoms with Crippen LogP contribution in [-0.2, 0) is 0 Å². The minimum atomic E-state index is 0.557. The maximum atomic E-state index is 5.95. The third-order valence-electron chi connectivity index (χ3n) is 2.95. The monoisotopic (exact) mass is 211 g/mol. The van der Waals surface area contributed by atoms with Gasteiger partial charge in [-0.25, -0.2) is 9.97 Å². The molecule has 0 spiro atoms. The normalized spacial score (nSPS) is 16.5. The van der Waals surface area contributed by atoms with Gasteiger partial charge in [0, 0.05) is 18.7 Å². The van der Waals surface area contributed by atoms with Crippen molar-refractivity contribution in [1.29, 1.82) is 0 Å². The van der Waals surface area contributed by atoms with E-state index in [1.54, 1.807) is 0 Å². The lowest BCUT2D eigenvalue weighted by molar-refractivity contribution is 0.399. The van der Waals surface area contributed by atoms with Crippen LogP contribution < -0.4 is 4.90 Å². The molecule has 0 bridgehead atoms. The number of rotatable bonds is 2. The Morgan fingerprint density at radius 3 is 2.71 bits per heavy atom. The van der Waals surface area contributed by atoms with Crippen LogP contribution in [0.1, 0.15) is 24.8 Å². The molecule has 1 aliphatic rings. The van der Waals surface area contributed by atoms with E-state index in [2.05, 4.69) is 21.9 Å². The Morgan fingerprint density at radius 1 is 1.43 bits per heavy atom. The van der Waals surface area contributed by atoms with Crippen molar-refractivity contribution < 1.29 is 0 Å². The standard InChI is InChI=1S/C10H14ClN3/c1-7-9(11)12-6-13-10(7)14(2)8-4-3-5-8/h6,8H,3-5H2,1-2H3. The first-order valence-electron chi connectivity index (χ1n) is 4.90. The van der Waals surface area contributed by atoms with E-state index < -0.39 is 0 Å². The van der Waals surface area contributed by atoms with E-state index in [1.165, 1.54) is 25.6 Å². The molecule has 2 rings (SSSR count).